The second kappa shape index (κ2) is 6.80. The molecular formula is C17H10F3N5OS. The molecule has 1 aromatic carbocycles. The van der Waals surface area contributed by atoms with Gasteiger partial charge >= 0.3 is 0 Å². The molecule has 136 valence electrons. The average Bonchev–Trinajstić information content (AvgIpc) is 3.30. The molecule has 0 radical (unpaired) electrons. The van der Waals surface area contributed by atoms with E-state index in [9.17, 15) is 18.0 Å². The van der Waals surface area contributed by atoms with E-state index in [-0.39, 0.29) is 16.9 Å². The Bertz CT molecular complexity index is 1110. The van der Waals surface area contributed by atoms with Gasteiger partial charge in [-0.1, -0.05) is 0 Å². The smallest absolute Gasteiger partial charge is 0.280 e. The molecule has 0 aliphatic rings. The number of alkyl halides is 2. The molecule has 0 atom stereocenters. The van der Waals surface area contributed by atoms with Crippen molar-refractivity contribution in [3.63, 3.8) is 0 Å². The minimum Gasteiger partial charge on any atom is -0.298 e. The normalized spacial score (nSPS) is 11.3. The van der Waals surface area contributed by atoms with Gasteiger partial charge in [-0.3, -0.25) is 10.1 Å². The summed E-state index contributed by atoms with van der Waals surface area (Å²) in [5.41, 5.74) is 0.194. The lowest BCUT2D eigenvalue weighted by Gasteiger charge is -2.08. The summed E-state index contributed by atoms with van der Waals surface area (Å²) in [4.78, 5) is 20.7. The number of carbonyl (C=O) groups excluding carboxylic acids is 1. The van der Waals surface area contributed by atoms with Gasteiger partial charge in [0.25, 0.3) is 12.3 Å². The molecule has 1 amide bonds. The Kier molecular flexibility index (Phi) is 4.32. The summed E-state index contributed by atoms with van der Waals surface area (Å²) in [7, 11) is 0. The number of benzene rings is 1. The van der Waals surface area contributed by atoms with E-state index in [0.29, 0.717) is 10.7 Å². The SMILES string of the molecule is O=C(Nc1nccs1)c1cnn2c(C(F)F)cc(-c3ccc(F)cc3)nc12. The zero-order valence-corrected chi connectivity index (χ0v) is 14.3. The summed E-state index contributed by atoms with van der Waals surface area (Å²) in [6, 6.07) is 6.43. The van der Waals surface area contributed by atoms with Crippen LogP contribution >= 0.6 is 11.3 Å². The molecule has 3 aromatic heterocycles. The van der Waals surface area contributed by atoms with Gasteiger partial charge in [0, 0.05) is 17.1 Å². The van der Waals surface area contributed by atoms with Crippen molar-refractivity contribution in [2.45, 2.75) is 6.43 Å². The third-order valence-electron chi connectivity index (χ3n) is 3.76. The van der Waals surface area contributed by atoms with E-state index in [1.54, 1.807) is 5.38 Å². The summed E-state index contributed by atoms with van der Waals surface area (Å²) in [6.45, 7) is 0. The van der Waals surface area contributed by atoms with Gasteiger partial charge in [-0.2, -0.15) is 5.10 Å². The fourth-order valence-corrected chi connectivity index (χ4v) is 3.04. The lowest BCUT2D eigenvalue weighted by molar-refractivity contribution is 0.102. The van der Waals surface area contributed by atoms with Crippen LogP contribution in [0.5, 0.6) is 0 Å². The predicted molar refractivity (Wildman–Crippen MR) is 93.4 cm³/mol. The second-order valence-electron chi connectivity index (χ2n) is 5.46. The van der Waals surface area contributed by atoms with Crippen LogP contribution in [0, 0.1) is 5.82 Å². The molecule has 6 nitrogen and oxygen atoms in total. The Morgan fingerprint density at radius 3 is 2.67 bits per heavy atom. The highest BCUT2D eigenvalue weighted by Crippen LogP contribution is 2.27. The van der Waals surface area contributed by atoms with E-state index < -0.39 is 23.8 Å². The number of amides is 1. The molecule has 0 unspecified atom stereocenters. The number of rotatable bonds is 4. The Morgan fingerprint density at radius 1 is 1.22 bits per heavy atom. The van der Waals surface area contributed by atoms with Crippen LogP contribution in [0.4, 0.5) is 18.3 Å². The van der Waals surface area contributed by atoms with Crippen molar-refractivity contribution in [1.29, 1.82) is 0 Å². The molecule has 0 bridgehead atoms. The van der Waals surface area contributed by atoms with Crippen molar-refractivity contribution in [2.75, 3.05) is 5.32 Å². The fraction of sp³-hybridized carbons (Fsp3) is 0.0588. The maximum Gasteiger partial charge on any atom is 0.280 e. The Balaban J connectivity index is 1.84. The van der Waals surface area contributed by atoms with Crippen LogP contribution in [-0.4, -0.2) is 25.5 Å². The van der Waals surface area contributed by atoms with Crippen LogP contribution in [0.1, 0.15) is 22.5 Å². The highest BCUT2D eigenvalue weighted by Gasteiger charge is 2.22. The predicted octanol–water partition coefficient (Wildman–Crippen LogP) is 4.18. The molecule has 10 heteroatoms. The number of anilines is 1. The second-order valence-corrected chi connectivity index (χ2v) is 6.35. The Hall–Kier alpha value is -3.27. The third kappa shape index (κ3) is 3.26. The van der Waals surface area contributed by atoms with Gasteiger partial charge in [-0.05, 0) is 30.3 Å². The molecule has 1 N–H and O–H groups in total. The van der Waals surface area contributed by atoms with Crippen molar-refractivity contribution in [3.8, 4) is 11.3 Å². The first-order valence-corrected chi connectivity index (χ1v) is 8.54. The molecule has 3 heterocycles. The summed E-state index contributed by atoms with van der Waals surface area (Å²) in [6.07, 6.45) is -0.147. The Morgan fingerprint density at radius 2 is 2.00 bits per heavy atom. The van der Waals surface area contributed by atoms with Gasteiger partial charge in [0.1, 0.15) is 17.1 Å². The number of nitrogens with one attached hydrogen (secondary N) is 1. The Labute approximate surface area is 154 Å². The standard InChI is InChI=1S/C17H10F3N5OS/c18-10-3-1-9(2-4-10)12-7-13(14(19)20)25-15(23-12)11(8-22-25)16(26)24-17-21-5-6-27-17/h1-8,14H,(H,21,24,26). The number of aromatic nitrogens is 4. The average molecular weight is 389 g/mol. The van der Waals surface area contributed by atoms with Crippen LogP contribution in [0.3, 0.4) is 0 Å². The van der Waals surface area contributed by atoms with Crippen LogP contribution in [0.15, 0.2) is 48.1 Å². The molecule has 0 saturated carbocycles. The summed E-state index contributed by atoms with van der Waals surface area (Å²) in [5.74, 6) is -1.02. The van der Waals surface area contributed by atoms with Crippen molar-refractivity contribution in [2.24, 2.45) is 0 Å². The first-order chi connectivity index (χ1) is 13.0. The van der Waals surface area contributed by atoms with Crippen molar-refractivity contribution in [1.82, 2.24) is 19.6 Å². The molecule has 0 fully saturated rings. The lowest BCUT2D eigenvalue weighted by Crippen LogP contribution is -2.12. The maximum absolute atomic E-state index is 13.5. The van der Waals surface area contributed by atoms with Gasteiger partial charge in [0.05, 0.1) is 11.9 Å². The van der Waals surface area contributed by atoms with E-state index in [0.717, 1.165) is 4.52 Å². The molecule has 4 aromatic rings. The lowest BCUT2D eigenvalue weighted by atomic mass is 10.1. The van der Waals surface area contributed by atoms with Crippen molar-refractivity contribution < 1.29 is 18.0 Å². The minimum atomic E-state index is -2.84. The first kappa shape index (κ1) is 17.2. The number of carbonyl (C=O) groups is 1. The molecule has 0 spiro atoms. The van der Waals surface area contributed by atoms with Crippen molar-refractivity contribution in [3.05, 3.63) is 65.2 Å². The van der Waals surface area contributed by atoms with E-state index in [1.807, 2.05) is 0 Å². The summed E-state index contributed by atoms with van der Waals surface area (Å²) >= 11 is 1.22. The van der Waals surface area contributed by atoms with Crippen LogP contribution in [0.25, 0.3) is 16.9 Å². The highest BCUT2D eigenvalue weighted by atomic mass is 32.1. The van der Waals surface area contributed by atoms with E-state index in [1.165, 1.54) is 54.1 Å². The molecule has 0 aliphatic heterocycles. The third-order valence-corrected chi connectivity index (χ3v) is 4.45. The van der Waals surface area contributed by atoms with Crippen LogP contribution in [-0.2, 0) is 0 Å². The number of thiazole rings is 1. The molecule has 27 heavy (non-hydrogen) atoms. The van der Waals surface area contributed by atoms with Crippen LogP contribution in [0.2, 0.25) is 0 Å². The first-order valence-electron chi connectivity index (χ1n) is 7.66. The van der Waals surface area contributed by atoms with Gasteiger partial charge in [0.2, 0.25) is 0 Å². The molecule has 4 rings (SSSR count). The van der Waals surface area contributed by atoms with Gasteiger partial charge in [-0.15, -0.1) is 11.3 Å². The quantitative estimate of drug-likeness (QED) is 0.568. The fourth-order valence-electron chi connectivity index (χ4n) is 2.52. The molecule has 0 saturated heterocycles. The number of hydrogen-bond donors (Lipinski definition) is 1. The zero-order valence-electron chi connectivity index (χ0n) is 13.4. The van der Waals surface area contributed by atoms with E-state index in [2.05, 4.69) is 20.4 Å². The summed E-state index contributed by atoms with van der Waals surface area (Å²) < 4.78 is 41.1. The van der Waals surface area contributed by atoms with E-state index in [4.69, 9.17) is 0 Å². The largest absolute Gasteiger partial charge is 0.298 e. The number of nitrogens with zero attached hydrogens (tertiary/aromatic N) is 4. The molecule has 0 aliphatic carbocycles. The van der Waals surface area contributed by atoms with Crippen molar-refractivity contribution >= 4 is 28.0 Å². The van der Waals surface area contributed by atoms with Gasteiger partial charge in [0.15, 0.2) is 10.8 Å². The van der Waals surface area contributed by atoms with E-state index >= 15 is 0 Å². The maximum atomic E-state index is 13.5. The van der Waals surface area contributed by atoms with Gasteiger partial charge in [-0.25, -0.2) is 27.7 Å². The topological polar surface area (TPSA) is 72.2 Å². The minimum absolute atomic E-state index is 0.0241. The van der Waals surface area contributed by atoms with Gasteiger partial charge < -0.3 is 0 Å². The number of halogens is 3. The molecular weight excluding hydrogens is 379 g/mol. The number of fused-ring (bicyclic) bond motifs is 1. The highest BCUT2D eigenvalue weighted by molar-refractivity contribution is 7.13. The number of hydrogen-bond acceptors (Lipinski definition) is 5. The van der Waals surface area contributed by atoms with Crippen LogP contribution < -0.4 is 5.32 Å². The zero-order chi connectivity index (χ0) is 19.0. The monoisotopic (exact) mass is 389 g/mol. The summed E-state index contributed by atoms with van der Waals surface area (Å²) in [5, 5.41) is 8.50.